The maximum absolute atomic E-state index is 12.4. The van der Waals surface area contributed by atoms with Gasteiger partial charge in [0, 0.05) is 14.0 Å². The largest absolute Gasteiger partial charge is 0.320 e. The summed E-state index contributed by atoms with van der Waals surface area (Å²) in [6.45, 7) is 6.02. The van der Waals surface area contributed by atoms with Crippen molar-refractivity contribution < 1.29 is 4.79 Å². The van der Waals surface area contributed by atoms with E-state index >= 15 is 0 Å². The van der Waals surface area contributed by atoms with Crippen molar-refractivity contribution in [2.45, 2.75) is 26.2 Å². The molecular formula is C13H13ClIN3OS. The second-order valence-corrected chi connectivity index (χ2v) is 7.63. The van der Waals surface area contributed by atoms with Gasteiger partial charge < -0.3 is 5.32 Å². The molecule has 1 aromatic carbocycles. The van der Waals surface area contributed by atoms with Crippen molar-refractivity contribution in [2.24, 2.45) is 0 Å². The Kier molecular flexibility index (Phi) is 4.66. The number of benzene rings is 1. The number of halogens is 2. The molecule has 1 aromatic heterocycles. The standard InChI is InChI=1S/C13H13ClIN3OS/c1-13(2,3)11-10(20-18-17-11)12(19)16-9-5-4-7(14)6-8(9)15/h4-6H,1-3H3,(H,16,19). The van der Waals surface area contributed by atoms with Gasteiger partial charge in [-0.15, -0.1) is 5.10 Å². The van der Waals surface area contributed by atoms with Crippen LogP contribution in [0, 0.1) is 3.57 Å². The number of amides is 1. The molecule has 0 atom stereocenters. The van der Waals surface area contributed by atoms with Crippen LogP contribution in [0.5, 0.6) is 0 Å². The van der Waals surface area contributed by atoms with Gasteiger partial charge in [-0.3, -0.25) is 4.79 Å². The lowest BCUT2D eigenvalue weighted by Gasteiger charge is -2.16. The Bertz CT molecular complexity index is 651. The van der Waals surface area contributed by atoms with Crippen molar-refractivity contribution in [2.75, 3.05) is 5.32 Å². The quantitative estimate of drug-likeness (QED) is 0.734. The lowest BCUT2D eigenvalue weighted by Crippen LogP contribution is -2.20. The van der Waals surface area contributed by atoms with Gasteiger partial charge in [-0.25, -0.2) is 0 Å². The molecule has 1 heterocycles. The van der Waals surface area contributed by atoms with E-state index in [1.807, 2.05) is 20.8 Å². The van der Waals surface area contributed by atoms with Gasteiger partial charge >= 0.3 is 0 Å². The summed E-state index contributed by atoms with van der Waals surface area (Å²) in [5.41, 5.74) is 1.23. The monoisotopic (exact) mass is 421 g/mol. The Morgan fingerprint density at radius 3 is 2.70 bits per heavy atom. The predicted octanol–water partition coefficient (Wildman–Crippen LogP) is 4.35. The molecule has 0 aliphatic heterocycles. The molecule has 7 heteroatoms. The number of anilines is 1. The van der Waals surface area contributed by atoms with Gasteiger partial charge in [0.25, 0.3) is 5.91 Å². The zero-order valence-corrected chi connectivity index (χ0v) is 14.9. The molecule has 0 radical (unpaired) electrons. The fraction of sp³-hybridized carbons (Fsp3) is 0.308. The summed E-state index contributed by atoms with van der Waals surface area (Å²) >= 11 is 9.15. The van der Waals surface area contributed by atoms with E-state index in [2.05, 4.69) is 37.5 Å². The average Bonchev–Trinajstić information content (AvgIpc) is 2.81. The lowest BCUT2D eigenvalue weighted by atomic mass is 9.91. The third-order valence-electron chi connectivity index (χ3n) is 2.58. The van der Waals surface area contributed by atoms with Crippen molar-refractivity contribution in [3.63, 3.8) is 0 Å². The van der Waals surface area contributed by atoms with Crippen LogP contribution in [0.3, 0.4) is 0 Å². The highest BCUT2D eigenvalue weighted by Crippen LogP contribution is 2.28. The molecule has 4 nitrogen and oxygen atoms in total. The first-order chi connectivity index (χ1) is 9.29. The molecule has 20 heavy (non-hydrogen) atoms. The van der Waals surface area contributed by atoms with Gasteiger partial charge in [0.2, 0.25) is 0 Å². The summed E-state index contributed by atoms with van der Waals surface area (Å²) in [6, 6.07) is 5.33. The molecule has 2 aromatic rings. The molecule has 0 unspecified atom stereocenters. The van der Waals surface area contributed by atoms with Gasteiger partial charge in [-0.05, 0) is 52.3 Å². The third-order valence-corrected chi connectivity index (χ3v) is 4.44. The number of rotatable bonds is 2. The van der Waals surface area contributed by atoms with E-state index < -0.39 is 0 Å². The molecule has 0 aliphatic rings. The van der Waals surface area contributed by atoms with Crippen LogP contribution >= 0.6 is 45.7 Å². The fourth-order valence-electron chi connectivity index (χ4n) is 1.60. The molecule has 2 rings (SSSR count). The third kappa shape index (κ3) is 3.48. The summed E-state index contributed by atoms with van der Waals surface area (Å²) in [6.07, 6.45) is 0. The van der Waals surface area contributed by atoms with Crippen molar-refractivity contribution in [3.05, 3.63) is 37.4 Å². The van der Waals surface area contributed by atoms with E-state index in [9.17, 15) is 4.79 Å². The number of carbonyl (C=O) groups excluding carboxylic acids is 1. The van der Waals surface area contributed by atoms with Crippen LogP contribution in [-0.2, 0) is 5.41 Å². The molecule has 0 fully saturated rings. The zero-order valence-electron chi connectivity index (χ0n) is 11.2. The summed E-state index contributed by atoms with van der Waals surface area (Å²) in [4.78, 5) is 12.9. The number of hydrogen-bond acceptors (Lipinski definition) is 4. The molecule has 1 amide bonds. The first kappa shape index (κ1) is 15.7. The Labute approximate surface area is 140 Å². The number of aromatic nitrogens is 2. The smallest absolute Gasteiger partial charge is 0.269 e. The second kappa shape index (κ2) is 5.95. The van der Waals surface area contributed by atoms with Crippen molar-refractivity contribution in [3.8, 4) is 0 Å². The molecule has 0 bridgehead atoms. The van der Waals surface area contributed by atoms with E-state index in [1.165, 1.54) is 0 Å². The Morgan fingerprint density at radius 1 is 1.40 bits per heavy atom. The van der Waals surface area contributed by atoms with Crippen LogP contribution in [0.25, 0.3) is 0 Å². The molecular weight excluding hydrogens is 409 g/mol. The Morgan fingerprint density at radius 2 is 2.10 bits per heavy atom. The maximum atomic E-state index is 12.4. The van der Waals surface area contributed by atoms with E-state index in [0.29, 0.717) is 15.6 Å². The summed E-state index contributed by atoms with van der Waals surface area (Å²) in [5.74, 6) is -0.190. The van der Waals surface area contributed by atoms with Gasteiger partial charge in [0.05, 0.1) is 11.4 Å². The second-order valence-electron chi connectivity index (χ2n) is 5.28. The summed E-state index contributed by atoms with van der Waals surface area (Å²) in [5, 5.41) is 7.59. The van der Waals surface area contributed by atoms with Crippen LogP contribution in [0.15, 0.2) is 18.2 Å². The van der Waals surface area contributed by atoms with Gasteiger partial charge in [-0.2, -0.15) is 0 Å². The van der Waals surface area contributed by atoms with E-state index in [4.69, 9.17) is 11.6 Å². The van der Waals surface area contributed by atoms with Crippen LogP contribution in [0.4, 0.5) is 5.69 Å². The number of nitrogens with zero attached hydrogens (tertiary/aromatic N) is 2. The van der Waals surface area contributed by atoms with E-state index in [-0.39, 0.29) is 11.3 Å². The van der Waals surface area contributed by atoms with Gasteiger partial charge in [0.1, 0.15) is 4.88 Å². The van der Waals surface area contributed by atoms with Gasteiger partial charge in [0.15, 0.2) is 0 Å². The van der Waals surface area contributed by atoms with Crippen LogP contribution in [-0.4, -0.2) is 15.5 Å². The van der Waals surface area contributed by atoms with E-state index in [0.717, 1.165) is 20.8 Å². The van der Waals surface area contributed by atoms with Crippen LogP contribution in [0.2, 0.25) is 5.02 Å². The number of hydrogen-bond donors (Lipinski definition) is 1. The first-order valence-electron chi connectivity index (χ1n) is 5.88. The fourth-order valence-corrected chi connectivity index (χ4v) is 3.38. The van der Waals surface area contributed by atoms with Crippen LogP contribution < -0.4 is 5.32 Å². The highest BCUT2D eigenvalue weighted by molar-refractivity contribution is 14.1. The number of nitrogens with one attached hydrogen (secondary N) is 1. The van der Waals surface area contributed by atoms with Gasteiger partial charge in [-0.1, -0.05) is 36.9 Å². The molecule has 0 spiro atoms. The maximum Gasteiger partial charge on any atom is 0.269 e. The zero-order chi connectivity index (χ0) is 14.9. The Balaban J connectivity index is 2.27. The van der Waals surface area contributed by atoms with E-state index in [1.54, 1.807) is 18.2 Å². The molecule has 1 N–H and O–H groups in total. The summed E-state index contributed by atoms with van der Waals surface area (Å²) in [7, 11) is 0. The predicted molar refractivity (Wildman–Crippen MR) is 90.7 cm³/mol. The minimum atomic E-state index is -0.215. The van der Waals surface area contributed by atoms with Crippen molar-refractivity contribution in [1.29, 1.82) is 0 Å². The molecule has 0 saturated carbocycles. The highest BCUT2D eigenvalue weighted by atomic mass is 127. The summed E-state index contributed by atoms with van der Waals surface area (Å²) < 4.78 is 4.78. The SMILES string of the molecule is CC(C)(C)c1nnsc1C(=O)Nc1ccc(Cl)cc1I. The van der Waals surface area contributed by atoms with Crippen molar-refractivity contribution >= 4 is 57.3 Å². The molecule has 0 saturated heterocycles. The normalized spacial score (nSPS) is 11.4. The molecule has 106 valence electrons. The van der Waals surface area contributed by atoms with Crippen molar-refractivity contribution in [1.82, 2.24) is 9.59 Å². The lowest BCUT2D eigenvalue weighted by molar-refractivity contribution is 0.102. The minimum absolute atomic E-state index is 0.190. The first-order valence-corrected chi connectivity index (χ1v) is 8.11. The number of carbonyl (C=O) groups is 1. The average molecular weight is 422 g/mol. The topological polar surface area (TPSA) is 54.9 Å². The molecule has 0 aliphatic carbocycles. The Hall–Kier alpha value is -0.730. The minimum Gasteiger partial charge on any atom is -0.320 e. The van der Waals surface area contributed by atoms with Crippen LogP contribution in [0.1, 0.15) is 36.1 Å². The highest BCUT2D eigenvalue weighted by Gasteiger charge is 2.26.